The molecule has 0 unspecified atom stereocenters. The third-order valence-electron chi connectivity index (χ3n) is 2.91. The maximum absolute atomic E-state index is 14.0. The maximum Gasteiger partial charge on any atom is 0.147 e. The van der Waals surface area contributed by atoms with E-state index >= 15 is 0 Å². The number of para-hydroxylation sites is 1. The third-order valence-corrected chi connectivity index (χ3v) is 3.22. The summed E-state index contributed by atoms with van der Waals surface area (Å²) in [5.41, 5.74) is 2.31. The lowest BCUT2D eigenvalue weighted by Gasteiger charge is -2.21. The van der Waals surface area contributed by atoms with Gasteiger partial charge in [-0.1, -0.05) is 18.2 Å². The average molecular weight is 275 g/mol. The molecular formula is C15H12ClFN2. The lowest BCUT2D eigenvalue weighted by Crippen LogP contribution is -2.12. The Morgan fingerprint density at radius 1 is 1.21 bits per heavy atom. The van der Waals surface area contributed by atoms with E-state index in [9.17, 15) is 4.39 Å². The van der Waals surface area contributed by atoms with E-state index in [0.29, 0.717) is 16.9 Å². The highest BCUT2D eigenvalue weighted by atomic mass is 35.5. The summed E-state index contributed by atoms with van der Waals surface area (Å²) in [6, 6.07) is 14.0. The van der Waals surface area contributed by atoms with Gasteiger partial charge in [0.2, 0.25) is 0 Å². The van der Waals surface area contributed by atoms with Crippen molar-refractivity contribution in [3.8, 4) is 6.07 Å². The predicted octanol–water partition coefficient (Wildman–Crippen LogP) is 4.20. The Labute approximate surface area is 116 Å². The summed E-state index contributed by atoms with van der Waals surface area (Å²) in [6.45, 7) is 0. The lowest BCUT2D eigenvalue weighted by atomic mass is 10.1. The number of rotatable bonds is 3. The first-order valence-corrected chi connectivity index (χ1v) is 6.28. The molecule has 0 saturated carbocycles. The van der Waals surface area contributed by atoms with Crippen LogP contribution in [0.3, 0.4) is 0 Å². The van der Waals surface area contributed by atoms with Crippen LogP contribution in [0.25, 0.3) is 0 Å². The number of anilines is 2. The molecule has 4 heteroatoms. The van der Waals surface area contributed by atoms with Crippen LogP contribution in [0.2, 0.25) is 0 Å². The molecule has 0 fully saturated rings. The number of alkyl halides is 1. The Hall–Kier alpha value is -2.05. The maximum atomic E-state index is 14.0. The molecule has 0 N–H and O–H groups in total. The first-order valence-electron chi connectivity index (χ1n) is 5.74. The second-order valence-corrected chi connectivity index (χ2v) is 4.37. The zero-order chi connectivity index (χ0) is 13.8. The standard InChI is InChI=1S/C15H12ClFN2/c1-19(14-5-3-2-4-12(14)10-18)15-7-6-11(9-16)8-13(15)17/h2-8H,9H2,1H3. The van der Waals surface area contributed by atoms with E-state index in [4.69, 9.17) is 16.9 Å². The van der Waals surface area contributed by atoms with Crippen LogP contribution in [-0.2, 0) is 5.88 Å². The summed E-state index contributed by atoms with van der Waals surface area (Å²) < 4.78 is 14.0. The summed E-state index contributed by atoms with van der Waals surface area (Å²) in [4.78, 5) is 1.66. The summed E-state index contributed by atoms with van der Waals surface area (Å²) in [5, 5.41) is 9.08. The molecular weight excluding hydrogens is 263 g/mol. The third kappa shape index (κ3) is 2.69. The van der Waals surface area contributed by atoms with Gasteiger partial charge in [-0.2, -0.15) is 5.26 Å². The quantitative estimate of drug-likeness (QED) is 0.784. The van der Waals surface area contributed by atoms with Crippen molar-refractivity contribution < 1.29 is 4.39 Å². The van der Waals surface area contributed by atoms with Crippen molar-refractivity contribution in [2.24, 2.45) is 0 Å². The van der Waals surface area contributed by atoms with Crippen LogP contribution in [0.15, 0.2) is 42.5 Å². The summed E-state index contributed by atoms with van der Waals surface area (Å²) >= 11 is 5.67. The van der Waals surface area contributed by atoms with Gasteiger partial charge in [0, 0.05) is 12.9 Å². The molecule has 2 aromatic rings. The largest absolute Gasteiger partial charge is 0.341 e. The Morgan fingerprint density at radius 3 is 2.58 bits per heavy atom. The van der Waals surface area contributed by atoms with Crippen molar-refractivity contribution in [2.45, 2.75) is 5.88 Å². The van der Waals surface area contributed by atoms with Crippen LogP contribution < -0.4 is 4.90 Å². The van der Waals surface area contributed by atoms with Gasteiger partial charge >= 0.3 is 0 Å². The lowest BCUT2D eigenvalue weighted by molar-refractivity contribution is 0.626. The highest BCUT2D eigenvalue weighted by Crippen LogP contribution is 2.29. The smallest absolute Gasteiger partial charge is 0.147 e. The molecule has 0 spiro atoms. The van der Waals surface area contributed by atoms with Crippen LogP contribution in [0, 0.1) is 17.1 Å². The number of hydrogen-bond donors (Lipinski definition) is 0. The van der Waals surface area contributed by atoms with Crippen LogP contribution in [-0.4, -0.2) is 7.05 Å². The number of nitriles is 1. The highest BCUT2D eigenvalue weighted by Gasteiger charge is 2.12. The fourth-order valence-corrected chi connectivity index (χ4v) is 2.06. The van der Waals surface area contributed by atoms with E-state index in [2.05, 4.69) is 6.07 Å². The molecule has 0 radical (unpaired) electrons. The summed E-state index contributed by atoms with van der Waals surface area (Å²) in [6.07, 6.45) is 0. The monoisotopic (exact) mass is 274 g/mol. The Bertz CT molecular complexity index is 634. The minimum Gasteiger partial charge on any atom is -0.341 e. The van der Waals surface area contributed by atoms with E-state index in [0.717, 1.165) is 5.56 Å². The number of nitrogens with zero attached hydrogens (tertiary/aromatic N) is 2. The zero-order valence-electron chi connectivity index (χ0n) is 10.4. The van der Waals surface area contributed by atoms with Crippen molar-refractivity contribution in [1.29, 1.82) is 5.26 Å². The van der Waals surface area contributed by atoms with Crippen molar-refractivity contribution in [3.63, 3.8) is 0 Å². The van der Waals surface area contributed by atoms with Gasteiger partial charge in [-0.15, -0.1) is 11.6 Å². The fourth-order valence-electron chi connectivity index (χ4n) is 1.90. The molecule has 96 valence electrons. The SMILES string of the molecule is CN(c1ccc(CCl)cc1F)c1ccccc1C#N. The minimum atomic E-state index is -0.353. The predicted molar refractivity (Wildman–Crippen MR) is 75.2 cm³/mol. The van der Waals surface area contributed by atoms with Crippen molar-refractivity contribution in [2.75, 3.05) is 11.9 Å². The van der Waals surface area contributed by atoms with E-state index in [1.165, 1.54) is 6.07 Å². The van der Waals surface area contributed by atoms with Crippen molar-refractivity contribution >= 4 is 23.0 Å². The van der Waals surface area contributed by atoms with Gasteiger partial charge in [0.05, 0.1) is 16.9 Å². The molecule has 19 heavy (non-hydrogen) atoms. The summed E-state index contributed by atoms with van der Waals surface area (Å²) in [5.74, 6) is -0.0798. The molecule has 0 bridgehead atoms. The second kappa shape index (κ2) is 5.73. The van der Waals surface area contributed by atoms with Crippen LogP contribution in [0.1, 0.15) is 11.1 Å². The van der Waals surface area contributed by atoms with E-state index in [1.807, 2.05) is 6.07 Å². The molecule has 0 aliphatic carbocycles. The van der Waals surface area contributed by atoms with Gasteiger partial charge < -0.3 is 4.90 Å². The zero-order valence-corrected chi connectivity index (χ0v) is 11.2. The molecule has 0 aromatic heterocycles. The van der Waals surface area contributed by atoms with Crippen molar-refractivity contribution in [3.05, 3.63) is 59.4 Å². The topological polar surface area (TPSA) is 27.0 Å². The van der Waals surface area contributed by atoms with Crippen LogP contribution in [0.4, 0.5) is 15.8 Å². The molecule has 2 nitrogen and oxygen atoms in total. The molecule has 0 atom stereocenters. The van der Waals surface area contributed by atoms with E-state index in [1.54, 1.807) is 42.3 Å². The minimum absolute atomic E-state index is 0.274. The van der Waals surface area contributed by atoms with E-state index < -0.39 is 0 Å². The second-order valence-electron chi connectivity index (χ2n) is 4.11. The number of benzene rings is 2. The Morgan fingerprint density at radius 2 is 1.95 bits per heavy atom. The molecule has 0 amide bonds. The van der Waals surface area contributed by atoms with E-state index in [-0.39, 0.29) is 11.7 Å². The van der Waals surface area contributed by atoms with Gasteiger partial charge in [-0.3, -0.25) is 0 Å². The molecule has 0 saturated heterocycles. The van der Waals surface area contributed by atoms with Crippen molar-refractivity contribution in [1.82, 2.24) is 0 Å². The average Bonchev–Trinajstić information content (AvgIpc) is 2.46. The molecule has 0 aliphatic rings. The van der Waals surface area contributed by atoms with Gasteiger partial charge in [-0.05, 0) is 29.8 Å². The van der Waals surface area contributed by atoms with Gasteiger partial charge in [0.15, 0.2) is 0 Å². The Kier molecular flexibility index (Phi) is 4.03. The van der Waals surface area contributed by atoms with Crippen LogP contribution >= 0.6 is 11.6 Å². The van der Waals surface area contributed by atoms with Gasteiger partial charge in [0.25, 0.3) is 0 Å². The van der Waals surface area contributed by atoms with Crippen LogP contribution in [0.5, 0.6) is 0 Å². The number of halogens is 2. The first kappa shape index (κ1) is 13.4. The Balaban J connectivity index is 2.45. The first-order chi connectivity index (χ1) is 9.17. The van der Waals surface area contributed by atoms with Gasteiger partial charge in [0.1, 0.15) is 11.9 Å². The number of hydrogen-bond acceptors (Lipinski definition) is 2. The molecule has 2 aromatic carbocycles. The van der Waals surface area contributed by atoms with Gasteiger partial charge in [-0.25, -0.2) is 4.39 Å². The molecule has 0 aliphatic heterocycles. The highest BCUT2D eigenvalue weighted by molar-refractivity contribution is 6.17. The fraction of sp³-hybridized carbons (Fsp3) is 0.133. The molecule has 2 rings (SSSR count). The molecule has 0 heterocycles. The normalized spacial score (nSPS) is 10.0. The summed E-state index contributed by atoms with van der Waals surface area (Å²) in [7, 11) is 1.73.